The number of likely N-dealkylation sites (N-methyl/N-ethyl adjacent to an activating group) is 1. The quantitative estimate of drug-likeness (QED) is 0.687. The first-order valence-electron chi connectivity index (χ1n) is 9.73. The summed E-state index contributed by atoms with van der Waals surface area (Å²) in [6, 6.07) is 6.20. The maximum Gasteiger partial charge on any atom is 0.230 e. The number of fused-ring (bicyclic) bond motifs is 3. The predicted octanol–water partition coefficient (Wildman–Crippen LogP) is 2.83. The molecule has 0 radical (unpaired) electrons. The van der Waals surface area contributed by atoms with E-state index >= 15 is 0 Å². The highest BCUT2D eigenvalue weighted by Gasteiger charge is 2.19. The van der Waals surface area contributed by atoms with E-state index < -0.39 is 0 Å². The molecule has 0 aromatic carbocycles. The van der Waals surface area contributed by atoms with Crippen molar-refractivity contribution in [3.63, 3.8) is 0 Å². The fourth-order valence-electron chi connectivity index (χ4n) is 3.91. The van der Waals surface area contributed by atoms with Crippen molar-refractivity contribution < 1.29 is 0 Å². The van der Waals surface area contributed by atoms with Crippen molar-refractivity contribution in [3.8, 4) is 0 Å². The number of aromatic nitrogens is 4. The minimum Gasteiger partial charge on any atom is -0.368 e. The Morgan fingerprint density at radius 2 is 1.89 bits per heavy atom. The van der Waals surface area contributed by atoms with Crippen molar-refractivity contribution in [2.24, 2.45) is 0 Å². The second kappa shape index (κ2) is 7.10. The summed E-state index contributed by atoms with van der Waals surface area (Å²) in [5, 5.41) is 4.27. The predicted molar refractivity (Wildman–Crippen MR) is 116 cm³/mol. The topological polar surface area (TPSA) is 62.1 Å². The van der Waals surface area contributed by atoms with Gasteiger partial charge in [-0.3, -0.25) is 0 Å². The van der Waals surface area contributed by atoms with Crippen LogP contribution < -0.4 is 10.2 Å². The van der Waals surface area contributed by atoms with Crippen LogP contribution >= 0.6 is 12.2 Å². The lowest BCUT2D eigenvalue weighted by molar-refractivity contribution is 0.313. The third-order valence-corrected chi connectivity index (χ3v) is 5.98. The highest BCUT2D eigenvalue weighted by Crippen LogP contribution is 2.26. The van der Waals surface area contributed by atoms with Crippen LogP contribution in [0, 0.1) is 0 Å². The van der Waals surface area contributed by atoms with Crippen LogP contribution in [0.3, 0.4) is 0 Å². The Morgan fingerprint density at radius 3 is 2.68 bits per heavy atom. The van der Waals surface area contributed by atoms with E-state index in [0.717, 1.165) is 78.7 Å². The van der Waals surface area contributed by atoms with Crippen molar-refractivity contribution in [1.82, 2.24) is 24.4 Å². The van der Waals surface area contributed by atoms with Crippen LogP contribution in [-0.2, 0) is 6.54 Å². The summed E-state index contributed by atoms with van der Waals surface area (Å²) in [5.41, 5.74) is 3.20. The average Bonchev–Trinajstić information content (AvgIpc) is 3.09. The molecule has 28 heavy (non-hydrogen) atoms. The van der Waals surface area contributed by atoms with Crippen molar-refractivity contribution in [3.05, 3.63) is 36.3 Å². The maximum atomic E-state index is 5.51. The van der Waals surface area contributed by atoms with Crippen LogP contribution in [0.15, 0.2) is 30.6 Å². The molecule has 0 aliphatic carbocycles. The zero-order valence-electron chi connectivity index (χ0n) is 15.9. The number of nitrogens with one attached hydrogen (secondary N) is 1. The molecule has 3 aromatic heterocycles. The molecule has 5 heterocycles. The highest BCUT2D eigenvalue weighted by molar-refractivity contribution is 7.80. The lowest BCUT2D eigenvalue weighted by Gasteiger charge is -2.33. The Morgan fingerprint density at radius 1 is 1.04 bits per heavy atom. The molecule has 0 saturated carbocycles. The van der Waals surface area contributed by atoms with Crippen LogP contribution in [0.5, 0.6) is 0 Å². The fourth-order valence-corrected chi connectivity index (χ4v) is 4.22. The van der Waals surface area contributed by atoms with E-state index in [1.807, 2.05) is 18.5 Å². The van der Waals surface area contributed by atoms with Gasteiger partial charge in [-0.2, -0.15) is 4.98 Å². The SMILES string of the molecule is CN1CCN(c2ccc(Nc3ncc4cc5n(c4n3)CCCC5=S)nc2)CC1. The molecule has 2 aliphatic heterocycles. The Labute approximate surface area is 169 Å². The summed E-state index contributed by atoms with van der Waals surface area (Å²) < 4.78 is 2.21. The van der Waals surface area contributed by atoms with Gasteiger partial charge in [-0.15, -0.1) is 0 Å². The van der Waals surface area contributed by atoms with Crippen molar-refractivity contribution in [1.29, 1.82) is 0 Å². The zero-order chi connectivity index (χ0) is 19.1. The van der Waals surface area contributed by atoms with Gasteiger partial charge in [0.05, 0.1) is 17.6 Å². The first-order chi connectivity index (χ1) is 13.7. The lowest BCUT2D eigenvalue weighted by Crippen LogP contribution is -2.44. The maximum absolute atomic E-state index is 5.51. The molecule has 0 amide bonds. The summed E-state index contributed by atoms with van der Waals surface area (Å²) in [6.07, 6.45) is 5.83. The van der Waals surface area contributed by atoms with Crippen molar-refractivity contribution in [2.75, 3.05) is 43.4 Å². The highest BCUT2D eigenvalue weighted by atomic mass is 32.1. The summed E-state index contributed by atoms with van der Waals surface area (Å²) in [7, 11) is 2.16. The number of thiocarbonyl (C=S) groups is 1. The molecule has 7 nitrogen and oxygen atoms in total. The Balaban J connectivity index is 1.36. The number of nitrogens with zero attached hydrogens (tertiary/aromatic N) is 6. The number of hydrogen-bond acceptors (Lipinski definition) is 7. The number of anilines is 3. The molecule has 5 rings (SSSR count). The lowest BCUT2D eigenvalue weighted by atomic mass is 10.1. The van der Waals surface area contributed by atoms with Crippen LogP contribution in [0.25, 0.3) is 11.0 Å². The molecular formula is C20H23N7S. The van der Waals surface area contributed by atoms with E-state index in [-0.39, 0.29) is 0 Å². The molecule has 3 aromatic rings. The summed E-state index contributed by atoms with van der Waals surface area (Å²) in [5.74, 6) is 1.31. The van der Waals surface area contributed by atoms with Crippen LogP contribution in [-0.4, -0.2) is 62.5 Å². The zero-order valence-corrected chi connectivity index (χ0v) is 16.7. The van der Waals surface area contributed by atoms with Crippen LogP contribution in [0.1, 0.15) is 18.5 Å². The third kappa shape index (κ3) is 3.22. The van der Waals surface area contributed by atoms with Gasteiger partial charge in [0.1, 0.15) is 11.5 Å². The molecule has 0 spiro atoms. The number of aryl methyl sites for hydroxylation is 1. The smallest absolute Gasteiger partial charge is 0.230 e. The second-order valence-corrected chi connectivity index (χ2v) is 7.99. The minimum absolute atomic E-state index is 0.560. The van der Waals surface area contributed by atoms with Gasteiger partial charge < -0.3 is 19.7 Å². The first-order valence-corrected chi connectivity index (χ1v) is 10.1. The number of piperazine rings is 1. The van der Waals surface area contributed by atoms with Crippen molar-refractivity contribution >= 4 is 45.6 Å². The van der Waals surface area contributed by atoms with Gasteiger partial charge >= 0.3 is 0 Å². The normalized spacial score (nSPS) is 17.8. The Bertz CT molecular complexity index is 1020. The summed E-state index contributed by atoms with van der Waals surface area (Å²) >= 11 is 5.51. The summed E-state index contributed by atoms with van der Waals surface area (Å²) in [6.45, 7) is 5.18. The first kappa shape index (κ1) is 17.5. The van der Waals surface area contributed by atoms with Gasteiger partial charge in [0.15, 0.2) is 0 Å². The molecule has 144 valence electrons. The number of pyridine rings is 1. The average molecular weight is 394 g/mol. The largest absolute Gasteiger partial charge is 0.368 e. The Hall–Kier alpha value is -2.58. The molecule has 1 fully saturated rings. The van der Waals surface area contributed by atoms with Crippen LogP contribution in [0.4, 0.5) is 17.5 Å². The van der Waals surface area contributed by atoms with E-state index in [9.17, 15) is 0 Å². The molecule has 8 heteroatoms. The van der Waals surface area contributed by atoms with Gasteiger partial charge in [-0.1, -0.05) is 12.2 Å². The molecule has 1 saturated heterocycles. The monoisotopic (exact) mass is 393 g/mol. The molecule has 1 N–H and O–H groups in total. The molecule has 0 atom stereocenters. The minimum atomic E-state index is 0.560. The van der Waals surface area contributed by atoms with E-state index in [2.05, 4.69) is 48.8 Å². The van der Waals surface area contributed by atoms with Crippen LogP contribution in [0.2, 0.25) is 0 Å². The standard InChI is InChI=1S/C20H23N7S/c1-25-7-9-26(10-8-25)15-4-5-18(21-13-15)23-20-22-12-14-11-16-17(28)3-2-6-27(16)19(14)24-20/h4-5,11-13H,2-3,6-10H2,1H3,(H,21,22,23,24). The van der Waals surface area contributed by atoms with Gasteiger partial charge in [0.25, 0.3) is 0 Å². The van der Waals surface area contributed by atoms with E-state index in [1.165, 1.54) is 0 Å². The van der Waals surface area contributed by atoms with E-state index in [4.69, 9.17) is 17.2 Å². The molecular weight excluding hydrogens is 370 g/mol. The van der Waals surface area contributed by atoms with Gasteiger partial charge in [0, 0.05) is 49.2 Å². The summed E-state index contributed by atoms with van der Waals surface area (Å²) in [4.78, 5) is 19.5. The van der Waals surface area contributed by atoms with E-state index in [1.54, 1.807) is 0 Å². The molecule has 0 unspecified atom stereocenters. The van der Waals surface area contributed by atoms with Gasteiger partial charge in [0.2, 0.25) is 5.95 Å². The third-order valence-electron chi connectivity index (χ3n) is 5.56. The molecule has 0 bridgehead atoms. The van der Waals surface area contributed by atoms with Gasteiger partial charge in [-0.05, 0) is 38.1 Å². The van der Waals surface area contributed by atoms with E-state index in [0.29, 0.717) is 5.95 Å². The van der Waals surface area contributed by atoms with Crippen molar-refractivity contribution in [2.45, 2.75) is 19.4 Å². The molecule has 2 aliphatic rings. The fraction of sp³-hybridized carbons (Fsp3) is 0.400. The second-order valence-electron chi connectivity index (χ2n) is 7.50. The number of rotatable bonds is 3. The van der Waals surface area contributed by atoms with Gasteiger partial charge in [-0.25, -0.2) is 9.97 Å². The number of hydrogen-bond donors (Lipinski definition) is 1. The Kier molecular flexibility index (Phi) is 4.44.